The molecular formula is C15H21N3O. The Hall–Kier alpha value is -1.84. The molecule has 1 heterocycles. The number of rotatable bonds is 2. The third kappa shape index (κ3) is 2.78. The molecule has 2 rings (SSSR count). The molecule has 2 aromatic rings. The van der Waals surface area contributed by atoms with E-state index in [2.05, 4.69) is 23.4 Å². The van der Waals surface area contributed by atoms with E-state index in [1.165, 1.54) is 5.56 Å². The molecule has 0 aliphatic rings. The van der Waals surface area contributed by atoms with Crippen molar-refractivity contribution in [1.82, 2.24) is 15.1 Å². The molecule has 0 fully saturated rings. The van der Waals surface area contributed by atoms with Crippen molar-refractivity contribution < 1.29 is 4.79 Å². The number of aromatic nitrogens is 2. The van der Waals surface area contributed by atoms with Crippen LogP contribution in [0.1, 0.15) is 31.9 Å². The third-order valence-electron chi connectivity index (χ3n) is 3.21. The molecule has 0 radical (unpaired) electrons. The molecule has 0 spiro atoms. The van der Waals surface area contributed by atoms with Crippen molar-refractivity contribution in [2.45, 2.75) is 34.2 Å². The number of carbonyl (C=O) groups excluding carboxylic acids is 1. The van der Waals surface area contributed by atoms with Gasteiger partial charge in [0.1, 0.15) is 0 Å². The Morgan fingerprint density at radius 2 is 2.05 bits per heavy atom. The van der Waals surface area contributed by atoms with E-state index in [0.717, 1.165) is 16.5 Å². The molecule has 1 N–H and O–H groups in total. The first-order chi connectivity index (χ1) is 8.79. The largest absolute Gasteiger partial charge is 0.351 e. The van der Waals surface area contributed by atoms with E-state index in [1.807, 2.05) is 44.8 Å². The molecule has 1 aromatic carbocycles. The Morgan fingerprint density at radius 1 is 1.37 bits per heavy atom. The fourth-order valence-corrected chi connectivity index (χ4v) is 1.99. The van der Waals surface area contributed by atoms with Gasteiger partial charge in [0.2, 0.25) is 5.91 Å². The molecular weight excluding hydrogens is 238 g/mol. The van der Waals surface area contributed by atoms with Gasteiger partial charge in [-0.05, 0) is 18.1 Å². The smallest absolute Gasteiger partial charge is 0.225 e. The van der Waals surface area contributed by atoms with Crippen LogP contribution in [-0.4, -0.2) is 15.7 Å². The van der Waals surface area contributed by atoms with Gasteiger partial charge in [-0.25, -0.2) is 0 Å². The van der Waals surface area contributed by atoms with Gasteiger partial charge < -0.3 is 5.32 Å². The first-order valence-electron chi connectivity index (χ1n) is 6.49. The summed E-state index contributed by atoms with van der Waals surface area (Å²) < 4.78 is 1.81. The molecule has 0 aliphatic carbocycles. The summed E-state index contributed by atoms with van der Waals surface area (Å²) in [6.45, 7) is 8.32. The molecule has 19 heavy (non-hydrogen) atoms. The zero-order valence-electron chi connectivity index (χ0n) is 12.2. The molecule has 1 aromatic heterocycles. The number of amides is 1. The van der Waals surface area contributed by atoms with E-state index in [-0.39, 0.29) is 11.3 Å². The average Bonchev–Trinajstić information content (AvgIpc) is 2.69. The summed E-state index contributed by atoms with van der Waals surface area (Å²) in [6, 6.07) is 4.11. The van der Waals surface area contributed by atoms with Crippen LogP contribution in [0.15, 0.2) is 18.3 Å². The lowest BCUT2D eigenvalue weighted by molar-refractivity contribution is -0.128. The molecule has 0 saturated heterocycles. The van der Waals surface area contributed by atoms with E-state index in [0.29, 0.717) is 6.54 Å². The number of nitrogens with one attached hydrogen (secondary N) is 1. The topological polar surface area (TPSA) is 46.9 Å². The summed E-state index contributed by atoms with van der Waals surface area (Å²) in [7, 11) is 1.91. The number of carbonyl (C=O) groups is 1. The highest BCUT2D eigenvalue weighted by molar-refractivity contribution is 5.86. The molecule has 0 aliphatic heterocycles. The molecule has 1 amide bonds. The number of aryl methyl sites for hydroxylation is 2. The van der Waals surface area contributed by atoms with E-state index in [1.54, 1.807) is 0 Å². The monoisotopic (exact) mass is 259 g/mol. The second-order valence-corrected chi connectivity index (χ2v) is 6.04. The summed E-state index contributed by atoms with van der Waals surface area (Å²) in [5, 5.41) is 8.59. The van der Waals surface area contributed by atoms with Gasteiger partial charge >= 0.3 is 0 Å². The van der Waals surface area contributed by atoms with E-state index in [9.17, 15) is 4.79 Å². The minimum atomic E-state index is -0.367. The van der Waals surface area contributed by atoms with Crippen molar-refractivity contribution in [2.75, 3.05) is 0 Å². The van der Waals surface area contributed by atoms with Gasteiger partial charge in [-0.1, -0.05) is 32.9 Å². The van der Waals surface area contributed by atoms with Crippen LogP contribution >= 0.6 is 0 Å². The van der Waals surface area contributed by atoms with E-state index in [4.69, 9.17) is 0 Å². The Kier molecular flexibility index (Phi) is 3.35. The van der Waals surface area contributed by atoms with E-state index < -0.39 is 0 Å². The van der Waals surface area contributed by atoms with Crippen LogP contribution in [0.2, 0.25) is 0 Å². The Balaban J connectivity index is 2.27. The van der Waals surface area contributed by atoms with Crippen LogP contribution in [0, 0.1) is 12.3 Å². The molecule has 4 nitrogen and oxygen atoms in total. The number of fused-ring (bicyclic) bond motifs is 1. The maximum atomic E-state index is 11.9. The lowest BCUT2D eigenvalue weighted by Crippen LogP contribution is -2.34. The Morgan fingerprint density at radius 3 is 2.68 bits per heavy atom. The third-order valence-corrected chi connectivity index (χ3v) is 3.21. The lowest BCUT2D eigenvalue weighted by atomic mass is 9.95. The van der Waals surface area contributed by atoms with Gasteiger partial charge in [0.25, 0.3) is 0 Å². The Labute approximate surface area is 113 Å². The number of hydrogen-bond donors (Lipinski definition) is 1. The van der Waals surface area contributed by atoms with Gasteiger partial charge in [-0.2, -0.15) is 5.10 Å². The van der Waals surface area contributed by atoms with Crippen LogP contribution in [0.3, 0.4) is 0 Å². The highest BCUT2D eigenvalue weighted by Crippen LogP contribution is 2.21. The fraction of sp³-hybridized carbons (Fsp3) is 0.467. The quantitative estimate of drug-likeness (QED) is 0.901. The molecule has 0 bridgehead atoms. The number of nitrogens with zero attached hydrogens (tertiary/aromatic N) is 2. The maximum Gasteiger partial charge on any atom is 0.225 e. The van der Waals surface area contributed by atoms with Gasteiger partial charge in [-0.3, -0.25) is 9.48 Å². The minimum absolute atomic E-state index is 0.0529. The van der Waals surface area contributed by atoms with Crippen LogP contribution in [0.5, 0.6) is 0 Å². The first-order valence-corrected chi connectivity index (χ1v) is 6.49. The van der Waals surface area contributed by atoms with Crippen molar-refractivity contribution in [3.8, 4) is 0 Å². The van der Waals surface area contributed by atoms with Crippen molar-refractivity contribution in [3.63, 3.8) is 0 Å². The normalized spacial score (nSPS) is 11.8. The van der Waals surface area contributed by atoms with Crippen LogP contribution in [0.25, 0.3) is 10.9 Å². The zero-order valence-corrected chi connectivity index (χ0v) is 12.2. The SMILES string of the molecule is Cc1ccc(CNC(=O)C(C)(C)C)c2nn(C)cc12. The summed E-state index contributed by atoms with van der Waals surface area (Å²) >= 11 is 0. The number of benzene rings is 1. The average molecular weight is 259 g/mol. The maximum absolute atomic E-state index is 11.9. The predicted octanol–water partition coefficient (Wildman–Crippen LogP) is 2.54. The second kappa shape index (κ2) is 4.68. The number of hydrogen-bond acceptors (Lipinski definition) is 2. The Bertz CT molecular complexity index is 620. The van der Waals surface area contributed by atoms with Gasteiger partial charge in [0.05, 0.1) is 5.52 Å². The summed E-state index contributed by atoms with van der Waals surface area (Å²) in [5.74, 6) is 0.0529. The van der Waals surface area contributed by atoms with E-state index >= 15 is 0 Å². The minimum Gasteiger partial charge on any atom is -0.351 e. The highest BCUT2D eigenvalue weighted by atomic mass is 16.2. The molecule has 4 heteroatoms. The first kappa shape index (κ1) is 13.6. The van der Waals surface area contributed by atoms with Crippen LogP contribution < -0.4 is 5.32 Å². The van der Waals surface area contributed by atoms with Crippen LogP contribution in [0.4, 0.5) is 0 Å². The molecule has 102 valence electrons. The molecule has 0 unspecified atom stereocenters. The van der Waals surface area contributed by atoms with Crippen molar-refractivity contribution in [1.29, 1.82) is 0 Å². The summed E-state index contributed by atoms with van der Waals surface area (Å²) in [6.07, 6.45) is 2.01. The van der Waals surface area contributed by atoms with Crippen molar-refractivity contribution >= 4 is 16.8 Å². The van der Waals surface area contributed by atoms with Gasteiger partial charge in [0, 0.05) is 30.6 Å². The lowest BCUT2D eigenvalue weighted by Gasteiger charge is -2.17. The summed E-state index contributed by atoms with van der Waals surface area (Å²) in [5.41, 5.74) is 2.86. The molecule has 0 saturated carbocycles. The standard InChI is InChI=1S/C15H21N3O/c1-10-6-7-11(8-16-14(19)15(2,3)4)13-12(10)9-18(5)17-13/h6-7,9H,8H2,1-5H3,(H,16,19). The molecule has 0 atom stereocenters. The van der Waals surface area contributed by atoms with Crippen molar-refractivity contribution in [3.05, 3.63) is 29.5 Å². The zero-order chi connectivity index (χ0) is 14.2. The second-order valence-electron chi connectivity index (χ2n) is 6.04. The van der Waals surface area contributed by atoms with Crippen molar-refractivity contribution in [2.24, 2.45) is 12.5 Å². The fourth-order valence-electron chi connectivity index (χ4n) is 1.99. The van der Waals surface area contributed by atoms with Gasteiger partial charge in [0.15, 0.2) is 0 Å². The highest BCUT2D eigenvalue weighted by Gasteiger charge is 2.21. The van der Waals surface area contributed by atoms with Crippen LogP contribution in [-0.2, 0) is 18.4 Å². The van der Waals surface area contributed by atoms with Gasteiger partial charge in [-0.15, -0.1) is 0 Å². The summed E-state index contributed by atoms with van der Waals surface area (Å²) in [4.78, 5) is 11.9. The predicted molar refractivity (Wildman–Crippen MR) is 76.8 cm³/mol.